The molecule has 1 aromatic rings. The molecule has 0 amide bonds. The van der Waals surface area contributed by atoms with E-state index < -0.39 is 0 Å². The van der Waals surface area contributed by atoms with Gasteiger partial charge in [-0.25, -0.2) is 0 Å². The quantitative estimate of drug-likeness (QED) is 0.762. The zero-order valence-electron chi connectivity index (χ0n) is 11.7. The number of hydrogen-bond donors (Lipinski definition) is 1. The van der Waals surface area contributed by atoms with E-state index in [1.165, 1.54) is 22.4 Å². The van der Waals surface area contributed by atoms with Crippen molar-refractivity contribution in [2.45, 2.75) is 57.2 Å². The third kappa shape index (κ3) is 5.13. The molecule has 2 atom stereocenters. The Hall–Kier alpha value is -0.470. The van der Waals surface area contributed by atoms with Crippen LogP contribution in [0.3, 0.4) is 0 Å². The molecule has 1 N–H and O–H groups in total. The van der Waals surface area contributed by atoms with Crippen LogP contribution < -0.4 is 5.32 Å². The summed E-state index contributed by atoms with van der Waals surface area (Å²) in [6.07, 6.45) is 1.20. The summed E-state index contributed by atoms with van der Waals surface area (Å²) in [5, 5.41) is 4.18. The zero-order chi connectivity index (χ0) is 12.8. The van der Waals surface area contributed by atoms with E-state index in [9.17, 15) is 0 Å². The van der Waals surface area contributed by atoms with Gasteiger partial charge in [0.25, 0.3) is 0 Å². The minimum Gasteiger partial charge on any atom is -0.313 e. The largest absolute Gasteiger partial charge is 0.313 e. The Kier molecular flexibility index (Phi) is 6.07. The summed E-state index contributed by atoms with van der Waals surface area (Å²) in [5.74, 6) is 0. The van der Waals surface area contributed by atoms with E-state index in [1.54, 1.807) is 0 Å². The minimum absolute atomic E-state index is 0.616. The first-order valence-corrected chi connectivity index (χ1v) is 7.38. The van der Waals surface area contributed by atoms with Crippen LogP contribution in [0.5, 0.6) is 0 Å². The molecule has 0 aliphatic rings. The molecule has 2 heteroatoms. The SMILES string of the molecule is CCC(C)NCC(C)Sc1ccc(C)cc1C. The fraction of sp³-hybridized carbons (Fsp3) is 0.600. The predicted octanol–water partition coefficient (Wildman–Crippen LogP) is 4.17. The number of aryl methyl sites for hydroxylation is 2. The Labute approximate surface area is 110 Å². The molecular weight excluding hydrogens is 226 g/mol. The Balaban J connectivity index is 2.47. The lowest BCUT2D eigenvalue weighted by Crippen LogP contribution is -2.30. The van der Waals surface area contributed by atoms with Gasteiger partial charge in [0.2, 0.25) is 0 Å². The lowest BCUT2D eigenvalue weighted by Gasteiger charge is -2.17. The molecule has 0 radical (unpaired) electrons. The molecule has 2 unspecified atom stereocenters. The fourth-order valence-electron chi connectivity index (χ4n) is 1.70. The molecule has 0 aliphatic heterocycles. The number of thioether (sulfide) groups is 1. The molecule has 0 heterocycles. The number of hydrogen-bond acceptors (Lipinski definition) is 2. The molecule has 0 aliphatic carbocycles. The molecule has 1 rings (SSSR count). The predicted molar refractivity (Wildman–Crippen MR) is 79.0 cm³/mol. The number of nitrogens with one attached hydrogen (secondary N) is 1. The van der Waals surface area contributed by atoms with Crippen LogP contribution >= 0.6 is 11.8 Å². The van der Waals surface area contributed by atoms with E-state index in [2.05, 4.69) is 58.1 Å². The van der Waals surface area contributed by atoms with Crippen molar-refractivity contribution < 1.29 is 0 Å². The normalized spacial score (nSPS) is 14.6. The Morgan fingerprint density at radius 1 is 1.24 bits per heavy atom. The van der Waals surface area contributed by atoms with Gasteiger partial charge in [-0.3, -0.25) is 0 Å². The molecule has 1 aromatic carbocycles. The van der Waals surface area contributed by atoms with Gasteiger partial charge in [-0.15, -0.1) is 11.8 Å². The van der Waals surface area contributed by atoms with E-state index in [4.69, 9.17) is 0 Å². The lowest BCUT2D eigenvalue weighted by molar-refractivity contribution is 0.537. The van der Waals surface area contributed by atoms with Crippen molar-refractivity contribution in [3.63, 3.8) is 0 Å². The molecule has 0 saturated carbocycles. The van der Waals surface area contributed by atoms with Crippen molar-refractivity contribution in [1.82, 2.24) is 5.32 Å². The van der Waals surface area contributed by atoms with Crippen molar-refractivity contribution in [1.29, 1.82) is 0 Å². The molecule has 0 saturated heterocycles. The van der Waals surface area contributed by atoms with Crippen LogP contribution in [0, 0.1) is 13.8 Å². The van der Waals surface area contributed by atoms with Crippen LogP contribution in [0.1, 0.15) is 38.3 Å². The van der Waals surface area contributed by atoms with Crippen LogP contribution in [0.2, 0.25) is 0 Å². The smallest absolute Gasteiger partial charge is 0.0191 e. The van der Waals surface area contributed by atoms with Gasteiger partial charge in [0.1, 0.15) is 0 Å². The highest BCUT2D eigenvalue weighted by Crippen LogP contribution is 2.26. The van der Waals surface area contributed by atoms with Gasteiger partial charge in [-0.1, -0.05) is 31.5 Å². The van der Waals surface area contributed by atoms with Crippen molar-refractivity contribution in [3.8, 4) is 0 Å². The number of rotatable bonds is 6. The summed E-state index contributed by atoms with van der Waals surface area (Å²) < 4.78 is 0. The maximum Gasteiger partial charge on any atom is 0.0191 e. The highest BCUT2D eigenvalue weighted by Gasteiger charge is 2.07. The first-order valence-electron chi connectivity index (χ1n) is 6.50. The van der Waals surface area contributed by atoms with Crippen LogP contribution in [-0.2, 0) is 0 Å². The Morgan fingerprint density at radius 2 is 1.94 bits per heavy atom. The summed E-state index contributed by atoms with van der Waals surface area (Å²) in [7, 11) is 0. The standard InChI is InChI=1S/C15H25NS/c1-6-13(4)16-10-14(5)17-15-8-7-11(2)9-12(15)3/h7-9,13-14,16H,6,10H2,1-5H3. The first-order chi connectivity index (χ1) is 8.02. The van der Waals surface area contributed by atoms with E-state index in [1.807, 2.05) is 11.8 Å². The Bertz CT molecular complexity index is 349. The average Bonchev–Trinajstić information content (AvgIpc) is 2.29. The maximum absolute atomic E-state index is 3.56. The van der Waals surface area contributed by atoms with Crippen molar-refractivity contribution in [2.24, 2.45) is 0 Å². The van der Waals surface area contributed by atoms with E-state index in [-0.39, 0.29) is 0 Å². The zero-order valence-corrected chi connectivity index (χ0v) is 12.5. The van der Waals surface area contributed by atoms with E-state index >= 15 is 0 Å². The first kappa shape index (κ1) is 14.6. The summed E-state index contributed by atoms with van der Waals surface area (Å²) >= 11 is 1.97. The van der Waals surface area contributed by atoms with Crippen molar-refractivity contribution >= 4 is 11.8 Å². The fourth-order valence-corrected chi connectivity index (χ4v) is 2.71. The van der Waals surface area contributed by atoms with Gasteiger partial charge >= 0.3 is 0 Å². The molecule has 0 aromatic heterocycles. The van der Waals surface area contributed by atoms with Crippen LogP contribution in [-0.4, -0.2) is 17.8 Å². The van der Waals surface area contributed by atoms with Gasteiger partial charge in [-0.05, 0) is 38.8 Å². The van der Waals surface area contributed by atoms with Gasteiger partial charge < -0.3 is 5.32 Å². The third-order valence-corrected chi connectivity index (χ3v) is 4.31. The highest BCUT2D eigenvalue weighted by atomic mass is 32.2. The van der Waals surface area contributed by atoms with Gasteiger partial charge in [-0.2, -0.15) is 0 Å². The Morgan fingerprint density at radius 3 is 2.53 bits per heavy atom. The van der Waals surface area contributed by atoms with E-state index in [0.717, 1.165) is 6.54 Å². The van der Waals surface area contributed by atoms with Crippen molar-refractivity contribution in [3.05, 3.63) is 29.3 Å². The topological polar surface area (TPSA) is 12.0 Å². The second kappa shape index (κ2) is 7.07. The summed E-state index contributed by atoms with van der Waals surface area (Å²) in [4.78, 5) is 1.41. The number of benzene rings is 1. The highest BCUT2D eigenvalue weighted by molar-refractivity contribution is 8.00. The van der Waals surface area contributed by atoms with E-state index in [0.29, 0.717) is 11.3 Å². The van der Waals surface area contributed by atoms with Gasteiger partial charge in [0.05, 0.1) is 0 Å². The molecule has 17 heavy (non-hydrogen) atoms. The summed E-state index contributed by atoms with van der Waals surface area (Å²) in [5.41, 5.74) is 2.74. The van der Waals surface area contributed by atoms with Crippen LogP contribution in [0.15, 0.2) is 23.1 Å². The maximum atomic E-state index is 3.56. The van der Waals surface area contributed by atoms with Gasteiger partial charge in [0.15, 0.2) is 0 Å². The molecule has 0 fully saturated rings. The minimum atomic E-state index is 0.616. The molecule has 0 bridgehead atoms. The second-order valence-corrected chi connectivity index (χ2v) is 6.40. The van der Waals surface area contributed by atoms with Crippen molar-refractivity contribution in [2.75, 3.05) is 6.54 Å². The summed E-state index contributed by atoms with van der Waals surface area (Å²) in [6, 6.07) is 7.33. The average molecular weight is 251 g/mol. The molecule has 0 spiro atoms. The monoisotopic (exact) mass is 251 g/mol. The molecule has 1 nitrogen and oxygen atoms in total. The molecular formula is C15H25NS. The van der Waals surface area contributed by atoms with Gasteiger partial charge in [0, 0.05) is 22.7 Å². The second-order valence-electron chi connectivity index (χ2n) is 4.91. The lowest BCUT2D eigenvalue weighted by atomic mass is 10.2. The third-order valence-electron chi connectivity index (χ3n) is 3.02. The van der Waals surface area contributed by atoms with Crippen LogP contribution in [0.25, 0.3) is 0 Å². The molecule has 96 valence electrons. The van der Waals surface area contributed by atoms with Crippen LogP contribution in [0.4, 0.5) is 0 Å². The summed E-state index contributed by atoms with van der Waals surface area (Å²) in [6.45, 7) is 12.2.